The Morgan fingerprint density at radius 2 is 1.88 bits per heavy atom. The van der Waals surface area contributed by atoms with Crippen LogP contribution in [0.1, 0.15) is 56.9 Å². The molecule has 0 aliphatic heterocycles. The van der Waals surface area contributed by atoms with E-state index in [1.807, 2.05) is 6.07 Å². The Morgan fingerprint density at radius 3 is 2.60 bits per heavy atom. The Kier molecular flexibility index (Phi) is 9.34. The molecule has 0 bridgehead atoms. The first-order valence-corrected chi connectivity index (χ1v) is 9.59. The molecule has 0 saturated heterocycles. The van der Waals surface area contributed by atoms with Gasteiger partial charge in [0.05, 0.1) is 6.10 Å². The lowest BCUT2D eigenvalue weighted by atomic mass is 10.1. The monoisotopic (exact) mass is 349 g/mol. The predicted molar refractivity (Wildman–Crippen MR) is 101 cm³/mol. The minimum absolute atomic E-state index is 0.193. The molecular weight excluding hydrogens is 317 g/mol. The highest BCUT2D eigenvalue weighted by molar-refractivity contribution is 5.79. The third-order valence-electron chi connectivity index (χ3n) is 4.65. The van der Waals surface area contributed by atoms with Gasteiger partial charge in [-0.05, 0) is 31.7 Å². The number of hydrogen-bond acceptors (Lipinski definition) is 2. The van der Waals surface area contributed by atoms with E-state index in [1.54, 1.807) is 19.2 Å². The van der Waals surface area contributed by atoms with E-state index in [0.29, 0.717) is 24.2 Å². The fourth-order valence-electron chi connectivity index (χ4n) is 3.13. The number of halogens is 1. The molecule has 1 aromatic rings. The van der Waals surface area contributed by atoms with Crippen LogP contribution in [0.15, 0.2) is 29.3 Å². The first-order valence-electron chi connectivity index (χ1n) is 9.59. The average molecular weight is 349 g/mol. The Labute approximate surface area is 151 Å². The van der Waals surface area contributed by atoms with Crippen LogP contribution in [-0.4, -0.2) is 32.3 Å². The molecule has 4 nitrogen and oxygen atoms in total. The molecule has 140 valence electrons. The van der Waals surface area contributed by atoms with Crippen LogP contribution in [0.2, 0.25) is 0 Å². The maximum atomic E-state index is 13.6. The van der Waals surface area contributed by atoms with E-state index in [0.717, 1.165) is 26.0 Å². The van der Waals surface area contributed by atoms with Crippen molar-refractivity contribution in [2.45, 2.75) is 64.0 Å². The highest BCUT2D eigenvalue weighted by Gasteiger charge is 2.11. The Bertz CT molecular complexity index is 513. The van der Waals surface area contributed by atoms with Crippen LogP contribution < -0.4 is 10.6 Å². The van der Waals surface area contributed by atoms with Gasteiger partial charge < -0.3 is 15.4 Å². The van der Waals surface area contributed by atoms with E-state index >= 15 is 0 Å². The third kappa shape index (κ3) is 7.86. The van der Waals surface area contributed by atoms with Gasteiger partial charge in [-0.2, -0.15) is 0 Å². The van der Waals surface area contributed by atoms with Crippen LogP contribution in [0.5, 0.6) is 0 Å². The molecule has 0 heterocycles. The molecular formula is C20H32FN3O. The van der Waals surface area contributed by atoms with Crippen molar-refractivity contribution in [1.29, 1.82) is 0 Å². The Morgan fingerprint density at radius 1 is 1.12 bits per heavy atom. The van der Waals surface area contributed by atoms with Crippen molar-refractivity contribution in [3.63, 3.8) is 0 Å². The average Bonchev–Trinajstić information content (AvgIpc) is 2.90. The van der Waals surface area contributed by atoms with Crippen molar-refractivity contribution < 1.29 is 9.13 Å². The minimum atomic E-state index is -0.193. The van der Waals surface area contributed by atoms with Crippen LogP contribution in [-0.2, 0) is 11.3 Å². The molecule has 1 aromatic carbocycles. The first-order chi connectivity index (χ1) is 12.3. The molecule has 25 heavy (non-hydrogen) atoms. The number of nitrogens with zero attached hydrogens (tertiary/aromatic N) is 1. The molecule has 0 atom stereocenters. The third-order valence-corrected chi connectivity index (χ3v) is 4.65. The lowest BCUT2D eigenvalue weighted by Gasteiger charge is -2.15. The fourth-order valence-corrected chi connectivity index (χ4v) is 3.13. The second-order valence-electron chi connectivity index (χ2n) is 6.64. The van der Waals surface area contributed by atoms with Crippen molar-refractivity contribution in [2.24, 2.45) is 4.99 Å². The number of benzene rings is 1. The largest absolute Gasteiger partial charge is 0.378 e. The van der Waals surface area contributed by atoms with Gasteiger partial charge in [-0.1, -0.05) is 43.9 Å². The SMILES string of the molecule is CN=C(NCCCCOC1CCCCCC1)NCc1ccccc1F. The van der Waals surface area contributed by atoms with E-state index in [4.69, 9.17) is 4.74 Å². The summed E-state index contributed by atoms with van der Waals surface area (Å²) in [5.74, 6) is 0.508. The number of aliphatic imine (C=N–C) groups is 1. The molecule has 1 fully saturated rings. The van der Waals surface area contributed by atoms with E-state index < -0.39 is 0 Å². The molecule has 0 spiro atoms. The molecule has 2 N–H and O–H groups in total. The number of unbranched alkanes of at least 4 members (excludes halogenated alkanes) is 1. The molecule has 0 amide bonds. The molecule has 1 aliphatic rings. The minimum Gasteiger partial charge on any atom is -0.378 e. The predicted octanol–water partition coefficient (Wildman–Crippen LogP) is 4.01. The van der Waals surface area contributed by atoms with Gasteiger partial charge in [0.2, 0.25) is 0 Å². The van der Waals surface area contributed by atoms with E-state index in [2.05, 4.69) is 15.6 Å². The quantitative estimate of drug-likeness (QED) is 0.323. The van der Waals surface area contributed by atoms with Gasteiger partial charge in [0.25, 0.3) is 0 Å². The second-order valence-corrected chi connectivity index (χ2v) is 6.64. The van der Waals surface area contributed by atoms with Crippen molar-refractivity contribution >= 4 is 5.96 Å². The summed E-state index contributed by atoms with van der Waals surface area (Å²) in [6.07, 6.45) is 10.4. The lowest BCUT2D eigenvalue weighted by molar-refractivity contribution is 0.0411. The summed E-state index contributed by atoms with van der Waals surface area (Å²) in [6.45, 7) is 2.11. The van der Waals surface area contributed by atoms with E-state index in [-0.39, 0.29) is 5.82 Å². The fraction of sp³-hybridized carbons (Fsp3) is 0.650. The summed E-state index contributed by atoms with van der Waals surface area (Å²) < 4.78 is 19.6. The summed E-state index contributed by atoms with van der Waals surface area (Å²) in [5, 5.41) is 6.41. The van der Waals surface area contributed by atoms with Gasteiger partial charge in [0, 0.05) is 32.3 Å². The summed E-state index contributed by atoms with van der Waals surface area (Å²) >= 11 is 0. The Hall–Kier alpha value is -1.62. The van der Waals surface area contributed by atoms with Crippen LogP contribution in [0.4, 0.5) is 4.39 Å². The van der Waals surface area contributed by atoms with Gasteiger partial charge >= 0.3 is 0 Å². The molecule has 1 aliphatic carbocycles. The number of rotatable bonds is 8. The van der Waals surface area contributed by atoms with Gasteiger partial charge in [0.1, 0.15) is 5.82 Å². The zero-order chi connectivity index (χ0) is 17.7. The zero-order valence-electron chi connectivity index (χ0n) is 15.4. The van der Waals surface area contributed by atoms with Gasteiger partial charge in [-0.15, -0.1) is 0 Å². The molecule has 0 radical (unpaired) electrons. The zero-order valence-corrected chi connectivity index (χ0v) is 15.4. The van der Waals surface area contributed by atoms with E-state index in [9.17, 15) is 4.39 Å². The number of guanidine groups is 1. The second kappa shape index (κ2) is 11.9. The smallest absolute Gasteiger partial charge is 0.191 e. The van der Waals surface area contributed by atoms with Crippen LogP contribution in [0.25, 0.3) is 0 Å². The van der Waals surface area contributed by atoms with Crippen LogP contribution in [0, 0.1) is 5.82 Å². The maximum Gasteiger partial charge on any atom is 0.191 e. The number of nitrogens with one attached hydrogen (secondary N) is 2. The standard InChI is InChI=1S/C20H32FN3O/c1-22-20(24-16-17-10-6-7-13-19(17)21)23-14-8-9-15-25-18-11-4-2-3-5-12-18/h6-7,10,13,18H,2-5,8-9,11-12,14-16H2,1H3,(H2,22,23,24). The lowest BCUT2D eigenvalue weighted by Crippen LogP contribution is -2.37. The van der Waals surface area contributed by atoms with Crippen LogP contribution >= 0.6 is 0 Å². The molecule has 5 heteroatoms. The Balaban J connectivity index is 1.54. The van der Waals surface area contributed by atoms with Crippen molar-refractivity contribution in [3.05, 3.63) is 35.6 Å². The molecule has 1 saturated carbocycles. The topological polar surface area (TPSA) is 45.7 Å². The summed E-state index contributed by atoms with van der Waals surface area (Å²) in [7, 11) is 1.73. The van der Waals surface area contributed by atoms with Crippen molar-refractivity contribution in [3.8, 4) is 0 Å². The number of ether oxygens (including phenoxy) is 1. The van der Waals surface area contributed by atoms with Crippen LogP contribution in [0.3, 0.4) is 0 Å². The number of hydrogen-bond donors (Lipinski definition) is 2. The molecule has 2 rings (SSSR count). The highest BCUT2D eigenvalue weighted by Crippen LogP contribution is 2.19. The normalized spacial score (nSPS) is 16.5. The highest BCUT2D eigenvalue weighted by atomic mass is 19.1. The van der Waals surface area contributed by atoms with Gasteiger partial charge in [-0.25, -0.2) is 4.39 Å². The summed E-state index contributed by atoms with van der Waals surface area (Å²) in [5.41, 5.74) is 0.641. The molecule has 0 unspecified atom stereocenters. The maximum absolute atomic E-state index is 13.6. The van der Waals surface area contributed by atoms with Crippen molar-refractivity contribution in [1.82, 2.24) is 10.6 Å². The van der Waals surface area contributed by atoms with Crippen molar-refractivity contribution in [2.75, 3.05) is 20.2 Å². The van der Waals surface area contributed by atoms with E-state index in [1.165, 1.54) is 44.6 Å². The van der Waals surface area contributed by atoms with Gasteiger partial charge in [0.15, 0.2) is 5.96 Å². The summed E-state index contributed by atoms with van der Waals surface area (Å²) in [6, 6.07) is 6.79. The summed E-state index contributed by atoms with van der Waals surface area (Å²) in [4.78, 5) is 4.18. The first kappa shape index (κ1) is 19.7. The molecule has 0 aromatic heterocycles. The van der Waals surface area contributed by atoms with Gasteiger partial charge in [-0.3, -0.25) is 4.99 Å².